The van der Waals surface area contributed by atoms with Crippen molar-refractivity contribution in [1.29, 1.82) is 5.26 Å². The molecule has 0 amide bonds. The van der Waals surface area contributed by atoms with E-state index in [2.05, 4.69) is 0 Å². The van der Waals surface area contributed by atoms with E-state index in [1.165, 1.54) is 13.2 Å². The molecule has 0 bridgehead atoms. The number of nitriles is 1. The van der Waals surface area contributed by atoms with Gasteiger partial charge in [-0.05, 0) is 6.07 Å². The van der Waals surface area contributed by atoms with Crippen LogP contribution in [0.15, 0.2) is 6.07 Å². The van der Waals surface area contributed by atoms with Crippen molar-refractivity contribution in [2.24, 2.45) is 0 Å². The van der Waals surface area contributed by atoms with Crippen LogP contribution < -0.4 is 19.7 Å². The van der Waals surface area contributed by atoms with E-state index < -0.39 is 7.12 Å². The fourth-order valence-corrected chi connectivity index (χ4v) is 1.61. The van der Waals surface area contributed by atoms with Gasteiger partial charge in [0.25, 0.3) is 0 Å². The van der Waals surface area contributed by atoms with Gasteiger partial charge < -0.3 is 29.0 Å². The Balaban J connectivity index is 2.53. The van der Waals surface area contributed by atoms with Crippen LogP contribution in [0.1, 0.15) is 5.56 Å². The number of methoxy groups -OCH3 is 1. The normalized spacial score (nSPS) is 12.1. The van der Waals surface area contributed by atoms with Crippen LogP contribution in [0.2, 0.25) is 0 Å². The highest BCUT2D eigenvalue weighted by Gasteiger charge is 2.31. The molecule has 7 nitrogen and oxygen atoms in total. The highest BCUT2D eigenvalue weighted by Crippen LogP contribution is 2.42. The molecular formula is C10H10BNO6. The number of hydrogen-bond donors (Lipinski definition) is 2. The third-order valence-electron chi connectivity index (χ3n) is 2.35. The minimum atomic E-state index is -1.76. The lowest BCUT2D eigenvalue weighted by atomic mass is 9.78. The van der Waals surface area contributed by atoms with Crippen LogP contribution in [0.25, 0.3) is 0 Å². The van der Waals surface area contributed by atoms with Gasteiger partial charge >= 0.3 is 7.12 Å². The second kappa shape index (κ2) is 5.14. The lowest BCUT2D eigenvalue weighted by Crippen LogP contribution is -2.31. The molecule has 1 aliphatic heterocycles. The number of ether oxygens (including phenoxy) is 4. The SMILES string of the molecule is COCOc1c(C#N)cc(B(O)O)c2c1OCO2. The topological polar surface area (TPSA) is 101 Å². The zero-order valence-electron chi connectivity index (χ0n) is 9.54. The van der Waals surface area contributed by atoms with Gasteiger partial charge in [-0.25, -0.2) is 0 Å². The Bertz CT molecular complexity index is 498. The Hall–Kier alpha value is -1.95. The first-order valence-corrected chi connectivity index (χ1v) is 5.03. The minimum Gasteiger partial charge on any atom is -0.462 e. The highest BCUT2D eigenvalue weighted by molar-refractivity contribution is 6.60. The summed E-state index contributed by atoms with van der Waals surface area (Å²) in [4.78, 5) is 0. The van der Waals surface area contributed by atoms with Crippen molar-refractivity contribution in [3.63, 3.8) is 0 Å². The van der Waals surface area contributed by atoms with Crippen LogP contribution in [-0.2, 0) is 4.74 Å². The molecule has 2 rings (SSSR count). The second-order valence-corrected chi connectivity index (χ2v) is 3.44. The van der Waals surface area contributed by atoms with Crippen LogP contribution in [0.3, 0.4) is 0 Å². The van der Waals surface area contributed by atoms with E-state index in [9.17, 15) is 10.0 Å². The number of benzene rings is 1. The Labute approximate surface area is 103 Å². The predicted octanol–water partition coefficient (Wildman–Crippen LogP) is -1.05. The molecule has 1 aromatic rings. The fraction of sp³-hybridized carbons (Fsp3) is 0.300. The van der Waals surface area contributed by atoms with Crippen LogP contribution in [0.4, 0.5) is 0 Å². The first kappa shape index (κ1) is 12.5. The van der Waals surface area contributed by atoms with Crippen molar-refractivity contribution in [2.45, 2.75) is 0 Å². The first-order chi connectivity index (χ1) is 8.69. The van der Waals surface area contributed by atoms with Gasteiger partial charge in [-0.2, -0.15) is 5.26 Å². The van der Waals surface area contributed by atoms with Gasteiger partial charge in [0.1, 0.15) is 6.07 Å². The maximum Gasteiger partial charge on any atom is 0.492 e. The van der Waals surface area contributed by atoms with Gasteiger partial charge in [0.05, 0.1) is 5.56 Å². The maximum absolute atomic E-state index is 9.22. The summed E-state index contributed by atoms with van der Waals surface area (Å²) in [6.45, 7) is -0.140. The lowest BCUT2D eigenvalue weighted by Gasteiger charge is -2.12. The Morgan fingerprint density at radius 3 is 2.78 bits per heavy atom. The highest BCUT2D eigenvalue weighted by atomic mass is 16.7. The van der Waals surface area contributed by atoms with Gasteiger partial charge in [0, 0.05) is 12.6 Å². The van der Waals surface area contributed by atoms with E-state index in [4.69, 9.17) is 24.2 Å². The Morgan fingerprint density at radius 2 is 2.17 bits per heavy atom. The van der Waals surface area contributed by atoms with E-state index in [0.717, 1.165) is 0 Å². The van der Waals surface area contributed by atoms with Crippen molar-refractivity contribution >= 4 is 12.6 Å². The van der Waals surface area contributed by atoms with Crippen molar-refractivity contribution < 1.29 is 29.0 Å². The van der Waals surface area contributed by atoms with Gasteiger partial charge in [-0.15, -0.1) is 0 Å². The van der Waals surface area contributed by atoms with Gasteiger partial charge in [0.2, 0.25) is 12.5 Å². The summed E-state index contributed by atoms with van der Waals surface area (Å²) in [5.41, 5.74) is 0.170. The maximum atomic E-state index is 9.22. The molecule has 18 heavy (non-hydrogen) atoms. The zero-order valence-corrected chi connectivity index (χ0v) is 9.54. The molecule has 0 unspecified atom stereocenters. The smallest absolute Gasteiger partial charge is 0.462 e. The third kappa shape index (κ3) is 2.07. The van der Waals surface area contributed by atoms with Crippen LogP contribution >= 0.6 is 0 Å². The molecule has 0 fully saturated rings. The molecule has 1 aliphatic rings. The number of nitrogens with zero attached hydrogens (tertiary/aromatic N) is 1. The summed E-state index contributed by atoms with van der Waals surface area (Å²) in [5, 5.41) is 27.5. The van der Waals surface area contributed by atoms with E-state index in [1.54, 1.807) is 0 Å². The average Bonchev–Trinajstić information content (AvgIpc) is 2.83. The quantitative estimate of drug-likeness (QED) is 0.520. The zero-order chi connectivity index (χ0) is 13.1. The molecule has 8 heteroatoms. The second-order valence-electron chi connectivity index (χ2n) is 3.44. The van der Waals surface area contributed by atoms with Crippen molar-refractivity contribution in [2.75, 3.05) is 20.7 Å². The predicted molar refractivity (Wildman–Crippen MR) is 59.6 cm³/mol. The minimum absolute atomic E-state index is 0.0591. The van der Waals surface area contributed by atoms with Gasteiger partial charge in [-0.3, -0.25) is 0 Å². The molecule has 0 spiro atoms. The van der Waals surface area contributed by atoms with Gasteiger partial charge in [-0.1, -0.05) is 0 Å². The number of rotatable bonds is 4. The first-order valence-electron chi connectivity index (χ1n) is 5.03. The molecule has 0 atom stereocenters. The van der Waals surface area contributed by atoms with Crippen molar-refractivity contribution in [3.8, 4) is 23.3 Å². The summed E-state index contributed by atoms with van der Waals surface area (Å²) in [7, 11) is -0.320. The van der Waals surface area contributed by atoms with Gasteiger partial charge in [0.15, 0.2) is 18.3 Å². The molecule has 0 aromatic heterocycles. The average molecular weight is 251 g/mol. The molecule has 1 heterocycles. The molecule has 1 aromatic carbocycles. The summed E-state index contributed by atoms with van der Waals surface area (Å²) in [6.07, 6.45) is 0. The molecule has 2 N–H and O–H groups in total. The van der Waals surface area contributed by atoms with Crippen LogP contribution in [0, 0.1) is 11.3 Å². The Kier molecular flexibility index (Phi) is 3.57. The summed E-state index contributed by atoms with van der Waals surface area (Å²) in [5.74, 6) is 0.501. The van der Waals surface area contributed by atoms with Crippen molar-refractivity contribution in [1.82, 2.24) is 0 Å². The van der Waals surface area contributed by atoms with Crippen LogP contribution in [-0.4, -0.2) is 37.9 Å². The summed E-state index contributed by atoms with van der Waals surface area (Å²) in [6, 6.07) is 3.17. The summed E-state index contributed by atoms with van der Waals surface area (Å²) < 4.78 is 20.3. The standard InChI is InChI=1S/C10H10BNO6/c1-15-4-16-8-6(3-12)2-7(11(13)14)9-10(8)18-5-17-9/h2,13-14H,4-5H2,1H3. The van der Waals surface area contributed by atoms with Crippen LogP contribution in [0.5, 0.6) is 17.2 Å². The summed E-state index contributed by atoms with van der Waals surface area (Å²) >= 11 is 0. The van der Waals surface area contributed by atoms with E-state index in [-0.39, 0.29) is 41.9 Å². The number of hydrogen-bond acceptors (Lipinski definition) is 7. The van der Waals surface area contributed by atoms with E-state index in [0.29, 0.717) is 0 Å². The molecule has 0 aliphatic carbocycles. The molecule has 0 saturated carbocycles. The monoisotopic (exact) mass is 251 g/mol. The van der Waals surface area contributed by atoms with E-state index in [1.807, 2.05) is 6.07 Å². The molecule has 0 radical (unpaired) electrons. The van der Waals surface area contributed by atoms with Crippen molar-refractivity contribution in [3.05, 3.63) is 11.6 Å². The third-order valence-corrected chi connectivity index (χ3v) is 2.35. The molecular weight excluding hydrogens is 241 g/mol. The van der Waals surface area contributed by atoms with E-state index >= 15 is 0 Å². The molecule has 0 saturated heterocycles. The Morgan fingerprint density at radius 1 is 1.44 bits per heavy atom. The number of fused-ring (bicyclic) bond motifs is 1. The molecule has 94 valence electrons. The fourth-order valence-electron chi connectivity index (χ4n) is 1.61. The largest absolute Gasteiger partial charge is 0.492 e. The lowest BCUT2D eigenvalue weighted by molar-refractivity contribution is 0.0483.